The maximum Gasteiger partial charge on any atom is 0.199 e. The van der Waals surface area contributed by atoms with Gasteiger partial charge in [-0.25, -0.2) is 8.78 Å². The SMILES string of the molecule is O=C(c1cccc(Cl)c1)c1c(F)ccc(Br)c1F. The van der Waals surface area contributed by atoms with Crippen molar-refractivity contribution in [1.29, 1.82) is 0 Å². The summed E-state index contributed by atoms with van der Waals surface area (Å²) in [5.74, 6) is -2.56. The molecule has 0 atom stereocenters. The van der Waals surface area contributed by atoms with Crippen molar-refractivity contribution in [3.63, 3.8) is 0 Å². The van der Waals surface area contributed by atoms with Crippen molar-refractivity contribution in [3.05, 3.63) is 68.7 Å². The van der Waals surface area contributed by atoms with Crippen LogP contribution in [0.15, 0.2) is 40.9 Å². The van der Waals surface area contributed by atoms with Crippen molar-refractivity contribution in [2.75, 3.05) is 0 Å². The van der Waals surface area contributed by atoms with Gasteiger partial charge in [-0.2, -0.15) is 0 Å². The van der Waals surface area contributed by atoms with Gasteiger partial charge in [-0.1, -0.05) is 23.7 Å². The first-order chi connectivity index (χ1) is 8.50. The first kappa shape index (κ1) is 13.2. The number of halogens is 4. The summed E-state index contributed by atoms with van der Waals surface area (Å²) < 4.78 is 27.3. The lowest BCUT2D eigenvalue weighted by atomic mass is 10.0. The Morgan fingerprint density at radius 1 is 1.17 bits per heavy atom. The Morgan fingerprint density at radius 2 is 1.89 bits per heavy atom. The van der Waals surface area contributed by atoms with E-state index in [2.05, 4.69) is 15.9 Å². The summed E-state index contributed by atoms with van der Waals surface area (Å²) in [5, 5.41) is 0.330. The molecule has 18 heavy (non-hydrogen) atoms. The lowest BCUT2D eigenvalue weighted by Crippen LogP contribution is -2.08. The van der Waals surface area contributed by atoms with E-state index in [9.17, 15) is 13.6 Å². The summed E-state index contributed by atoms with van der Waals surface area (Å²) in [5.41, 5.74) is -0.454. The topological polar surface area (TPSA) is 17.1 Å². The van der Waals surface area contributed by atoms with Gasteiger partial charge in [0.15, 0.2) is 11.6 Å². The highest BCUT2D eigenvalue weighted by Crippen LogP contribution is 2.24. The fourth-order valence-electron chi connectivity index (χ4n) is 1.51. The Labute approximate surface area is 116 Å². The molecule has 0 aliphatic carbocycles. The van der Waals surface area contributed by atoms with Crippen molar-refractivity contribution in [2.24, 2.45) is 0 Å². The zero-order chi connectivity index (χ0) is 13.3. The summed E-state index contributed by atoms with van der Waals surface area (Å²) in [4.78, 5) is 12.0. The van der Waals surface area contributed by atoms with Crippen LogP contribution in [0.2, 0.25) is 5.02 Å². The maximum absolute atomic E-state index is 13.8. The molecular weight excluding hydrogens is 325 g/mol. The van der Waals surface area contributed by atoms with Gasteiger partial charge in [-0.05, 0) is 40.2 Å². The van der Waals surface area contributed by atoms with Gasteiger partial charge < -0.3 is 0 Å². The predicted molar refractivity (Wildman–Crippen MR) is 68.9 cm³/mol. The van der Waals surface area contributed by atoms with Crippen molar-refractivity contribution >= 4 is 33.3 Å². The molecule has 0 fully saturated rings. The van der Waals surface area contributed by atoms with E-state index in [-0.39, 0.29) is 10.0 Å². The van der Waals surface area contributed by atoms with Crippen LogP contribution in [0.1, 0.15) is 15.9 Å². The molecule has 0 saturated carbocycles. The van der Waals surface area contributed by atoms with Crippen LogP contribution in [0.4, 0.5) is 8.78 Å². The third-order valence-corrected chi connectivity index (χ3v) is 3.21. The van der Waals surface area contributed by atoms with Gasteiger partial charge in [0.05, 0.1) is 10.0 Å². The molecule has 0 aliphatic heterocycles. The van der Waals surface area contributed by atoms with Crippen LogP contribution in [0.25, 0.3) is 0 Å². The van der Waals surface area contributed by atoms with E-state index < -0.39 is 23.0 Å². The number of hydrogen-bond donors (Lipinski definition) is 0. The molecule has 1 nitrogen and oxygen atoms in total. The normalized spacial score (nSPS) is 10.4. The smallest absolute Gasteiger partial charge is 0.199 e. The lowest BCUT2D eigenvalue weighted by Gasteiger charge is -2.06. The summed E-state index contributed by atoms with van der Waals surface area (Å²) in [6.07, 6.45) is 0. The van der Waals surface area contributed by atoms with Crippen LogP contribution in [-0.2, 0) is 0 Å². The second-order valence-corrected chi connectivity index (χ2v) is 4.85. The minimum absolute atomic E-state index is 0.0364. The average Bonchev–Trinajstić information content (AvgIpc) is 2.34. The van der Waals surface area contributed by atoms with Gasteiger partial charge in [-0.3, -0.25) is 4.79 Å². The van der Waals surface area contributed by atoms with E-state index in [1.807, 2.05) is 0 Å². The summed E-state index contributed by atoms with van der Waals surface area (Å²) in [7, 11) is 0. The number of carbonyl (C=O) groups is 1. The monoisotopic (exact) mass is 330 g/mol. The molecule has 0 saturated heterocycles. The van der Waals surface area contributed by atoms with Crippen LogP contribution in [0.5, 0.6) is 0 Å². The Bertz CT molecular complexity index is 628. The highest BCUT2D eigenvalue weighted by Gasteiger charge is 2.21. The lowest BCUT2D eigenvalue weighted by molar-refractivity contribution is 0.103. The van der Waals surface area contributed by atoms with Crippen LogP contribution in [0, 0.1) is 11.6 Å². The van der Waals surface area contributed by atoms with Crippen LogP contribution in [-0.4, -0.2) is 5.78 Å². The van der Waals surface area contributed by atoms with Crippen molar-refractivity contribution < 1.29 is 13.6 Å². The van der Waals surface area contributed by atoms with Gasteiger partial charge in [0.25, 0.3) is 0 Å². The van der Waals surface area contributed by atoms with Crippen molar-refractivity contribution in [2.45, 2.75) is 0 Å². The number of hydrogen-bond acceptors (Lipinski definition) is 1. The van der Waals surface area contributed by atoms with E-state index in [4.69, 9.17) is 11.6 Å². The van der Waals surface area contributed by atoms with E-state index in [1.54, 1.807) is 12.1 Å². The summed E-state index contributed by atoms with van der Waals surface area (Å²) >= 11 is 8.65. The predicted octanol–water partition coefficient (Wildman–Crippen LogP) is 4.61. The van der Waals surface area contributed by atoms with E-state index >= 15 is 0 Å². The Hall–Kier alpha value is -1.26. The standard InChI is InChI=1S/C13H6BrClF2O/c14-9-4-5-10(16)11(12(9)17)13(18)7-2-1-3-8(15)6-7/h1-6H. The summed E-state index contributed by atoms with van der Waals surface area (Å²) in [6.45, 7) is 0. The zero-order valence-corrected chi connectivity index (χ0v) is 11.2. The third-order valence-electron chi connectivity index (χ3n) is 2.36. The first-order valence-electron chi connectivity index (χ1n) is 4.94. The van der Waals surface area contributed by atoms with Gasteiger partial charge in [0.1, 0.15) is 5.82 Å². The van der Waals surface area contributed by atoms with Gasteiger partial charge in [-0.15, -0.1) is 0 Å². The molecule has 0 aliphatic rings. The molecule has 0 heterocycles. The molecular formula is C13H6BrClF2O. The fourth-order valence-corrected chi connectivity index (χ4v) is 2.03. The molecule has 0 unspecified atom stereocenters. The highest BCUT2D eigenvalue weighted by molar-refractivity contribution is 9.10. The molecule has 0 radical (unpaired) electrons. The van der Waals surface area contributed by atoms with Crippen LogP contribution in [0.3, 0.4) is 0 Å². The Morgan fingerprint density at radius 3 is 2.56 bits per heavy atom. The number of ketones is 1. The van der Waals surface area contributed by atoms with E-state index in [0.29, 0.717) is 5.02 Å². The number of benzene rings is 2. The van der Waals surface area contributed by atoms with Crippen molar-refractivity contribution in [1.82, 2.24) is 0 Å². The minimum atomic E-state index is -0.917. The third kappa shape index (κ3) is 2.44. The molecule has 0 aromatic heterocycles. The second-order valence-electron chi connectivity index (χ2n) is 3.56. The van der Waals surface area contributed by atoms with Crippen LogP contribution >= 0.6 is 27.5 Å². The van der Waals surface area contributed by atoms with Gasteiger partial charge in [0, 0.05) is 10.6 Å². The number of carbonyl (C=O) groups excluding carboxylic acids is 1. The molecule has 2 rings (SSSR count). The van der Waals surface area contributed by atoms with Crippen LogP contribution < -0.4 is 0 Å². The minimum Gasteiger partial charge on any atom is -0.288 e. The van der Waals surface area contributed by atoms with Gasteiger partial charge in [0.2, 0.25) is 0 Å². The molecule has 5 heteroatoms. The molecule has 0 N–H and O–H groups in total. The van der Waals surface area contributed by atoms with Gasteiger partial charge >= 0.3 is 0 Å². The van der Waals surface area contributed by atoms with E-state index in [0.717, 1.165) is 6.07 Å². The Kier molecular flexibility index (Phi) is 3.78. The molecule has 0 amide bonds. The molecule has 0 spiro atoms. The maximum atomic E-state index is 13.8. The first-order valence-corrected chi connectivity index (χ1v) is 6.11. The van der Waals surface area contributed by atoms with E-state index in [1.165, 1.54) is 18.2 Å². The quantitative estimate of drug-likeness (QED) is 0.580. The largest absolute Gasteiger partial charge is 0.288 e. The zero-order valence-electron chi connectivity index (χ0n) is 8.88. The molecule has 92 valence electrons. The molecule has 2 aromatic carbocycles. The average molecular weight is 332 g/mol. The Balaban J connectivity index is 2.56. The highest BCUT2D eigenvalue weighted by atomic mass is 79.9. The number of rotatable bonds is 2. The molecule has 0 bridgehead atoms. The molecule has 2 aromatic rings. The fraction of sp³-hybridized carbons (Fsp3) is 0. The summed E-state index contributed by atoms with van der Waals surface area (Å²) in [6, 6.07) is 8.18. The van der Waals surface area contributed by atoms with Crippen molar-refractivity contribution in [3.8, 4) is 0 Å². The second kappa shape index (κ2) is 5.16.